The number of carbonyl (C=O) groups excluding carboxylic acids is 1. The van der Waals surface area contributed by atoms with Gasteiger partial charge >= 0.3 is 0 Å². The number of rotatable bonds is 6. The first kappa shape index (κ1) is 21.1. The van der Waals surface area contributed by atoms with Gasteiger partial charge in [-0.15, -0.1) is 0 Å². The maximum absolute atomic E-state index is 14.8. The van der Waals surface area contributed by atoms with Crippen LogP contribution in [-0.4, -0.2) is 24.2 Å². The zero-order valence-corrected chi connectivity index (χ0v) is 16.7. The lowest BCUT2D eigenvalue weighted by Gasteiger charge is -2.33. The van der Waals surface area contributed by atoms with Gasteiger partial charge in [-0.05, 0) is 61.8 Å². The monoisotopic (exact) mass is 371 g/mol. The van der Waals surface area contributed by atoms with E-state index < -0.39 is 0 Å². The molecule has 0 heterocycles. The quantitative estimate of drug-likeness (QED) is 0.676. The summed E-state index contributed by atoms with van der Waals surface area (Å²) in [6.45, 7) is 8.50. The first-order valence-corrected chi connectivity index (χ1v) is 9.50. The summed E-state index contributed by atoms with van der Waals surface area (Å²) in [6, 6.07) is 6.40. The fourth-order valence-corrected chi connectivity index (χ4v) is 3.56. The molecule has 0 radical (unpaired) electrons. The number of benzene rings is 1. The summed E-state index contributed by atoms with van der Waals surface area (Å²) < 4.78 is 14.8. The molecular weight excluding hydrogens is 341 g/mol. The molecule has 0 fully saturated rings. The van der Waals surface area contributed by atoms with Crippen LogP contribution in [0.2, 0.25) is 0 Å². The number of hydrogen-bond acceptors (Lipinski definition) is 2. The van der Waals surface area contributed by atoms with Crippen LogP contribution in [0.15, 0.2) is 53.1 Å². The lowest BCUT2D eigenvalue weighted by molar-refractivity contribution is 0.0945. The normalized spacial score (nSPS) is 17.9. The van der Waals surface area contributed by atoms with Crippen LogP contribution in [0.4, 0.5) is 4.39 Å². The van der Waals surface area contributed by atoms with Crippen LogP contribution in [0.25, 0.3) is 5.83 Å². The van der Waals surface area contributed by atoms with Crippen molar-refractivity contribution in [1.29, 1.82) is 0 Å². The highest BCUT2D eigenvalue weighted by Gasteiger charge is 2.26. The van der Waals surface area contributed by atoms with Gasteiger partial charge in [0.2, 0.25) is 0 Å². The topological polar surface area (TPSA) is 49.3 Å². The summed E-state index contributed by atoms with van der Waals surface area (Å²) in [5.41, 5.74) is 4.27. The molecule has 146 valence electrons. The van der Waals surface area contributed by atoms with E-state index in [4.69, 9.17) is 5.11 Å². The van der Waals surface area contributed by atoms with E-state index in [0.717, 1.165) is 12.8 Å². The average Bonchev–Trinajstić information content (AvgIpc) is 2.64. The third-order valence-electron chi connectivity index (χ3n) is 5.19. The molecule has 3 nitrogen and oxygen atoms in total. The van der Waals surface area contributed by atoms with Gasteiger partial charge in [-0.3, -0.25) is 4.79 Å². The van der Waals surface area contributed by atoms with Gasteiger partial charge in [0.15, 0.2) is 0 Å². The molecule has 0 saturated carbocycles. The van der Waals surface area contributed by atoms with Crippen LogP contribution < -0.4 is 5.32 Å². The number of nitrogens with one attached hydrogen (secondary N) is 1. The Bertz CT molecular complexity index is 770. The molecule has 1 aliphatic rings. The van der Waals surface area contributed by atoms with E-state index in [0.29, 0.717) is 16.7 Å². The third-order valence-corrected chi connectivity index (χ3v) is 5.19. The number of aliphatic hydroxyl groups is 1. The summed E-state index contributed by atoms with van der Waals surface area (Å²) in [7, 11) is 0. The van der Waals surface area contributed by atoms with Crippen molar-refractivity contribution in [3.8, 4) is 0 Å². The minimum absolute atomic E-state index is 0.112. The molecular formula is C23H30FNO2. The summed E-state index contributed by atoms with van der Waals surface area (Å²) >= 11 is 0. The van der Waals surface area contributed by atoms with Crippen molar-refractivity contribution in [2.24, 2.45) is 5.41 Å². The number of amides is 1. The highest BCUT2D eigenvalue weighted by atomic mass is 19.1. The van der Waals surface area contributed by atoms with E-state index in [2.05, 4.69) is 32.2 Å². The van der Waals surface area contributed by atoms with Gasteiger partial charge in [-0.25, -0.2) is 4.39 Å². The van der Waals surface area contributed by atoms with Crippen LogP contribution in [0.1, 0.15) is 62.9 Å². The molecule has 2 rings (SSSR count). The maximum atomic E-state index is 14.8. The summed E-state index contributed by atoms with van der Waals surface area (Å²) in [5, 5.41) is 11.3. The minimum Gasteiger partial charge on any atom is -0.395 e. The fraction of sp³-hybridized carbons (Fsp3) is 0.435. The van der Waals surface area contributed by atoms with E-state index in [9.17, 15) is 9.18 Å². The van der Waals surface area contributed by atoms with Crippen LogP contribution in [-0.2, 0) is 0 Å². The molecule has 0 bridgehead atoms. The maximum Gasteiger partial charge on any atom is 0.251 e. The lowest BCUT2D eigenvalue weighted by Crippen LogP contribution is -2.26. The van der Waals surface area contributed by atoms with E-state index in [-0.39, 0.29) is 30.3 Å². The van der Waals surface area contributed by atoms with E-state index in [1.54, 1.807) is 31.2 Å². The van der Waals surface area contributed by atoms with Crippen molar-refractivity contribution in [3.05, 3.63) is 64.3 Å². The molecule has 0 aromatic heterocycles. The Hall–Kier alpha value is -2.20. The zero-order chi connectivity index (χ0) is 20.0. The second kappa shape index (κ2) is 9.14. The van der Waals surface area contributed by atoms with Crippen LogP contribution in [0, 0.1) is 5.41 Å². The molecule has 1 aromatic rings. The summed E-state index contributed by atoms with van der Waals surface area (Å²) in [6.07, 6.45) is 7.37. The van der Waals surface area contributed by atoms with Crippen LogP contribution in [0.5, 0.6) is 0 Å². The number of halogens is 1. The van der Waals surface area contributed by atoms with Gasteiger partial charge in [-0.1, -0.05) is 43.7 Å². The van der Waals surface area contributed by atoms with Crippen molar-refractivity contribution in [2.45, 2.75) is 47.0 Å². The Morgan fingerprint density at radius 1 is 1.26 bits per heavy atom. The summed E-state index contributed by atoms with van der Waals surface area (Å²) in [5.74, 6) is -0.570. The second-order valence-electron chi connectivity index (χ2n) is 7.82. The molecule has 0 aliphatic heterocycles. The molecule has 2 N–H and O–H groups in total. The zero-order valence-electron chi connectivity index (χ0n) is 16.7. The number of allylic oxidation sites excluding steroid dienone is 5. The first-order chi connectivity index (χ1) is 12.8. The Balaban J connectivity index is 2.18. The highest BCUT2D eigenvalue weighted by Crippen LogP contribution is 2.41. The molecule has 0 spiro atoms. The van der Waals surface area contributed by atoms with Crippen molar-refractivity contribution < 1.29 is 14.3 Å². The van der Waals surface area contributed by atoms with E-state index in [1.807, 2.05) is 6.08 Å². The first-order valence-electron chi connectivity index (χ1n) is 9.50. The van der Waals surface area contributed by atoms with Gasteiger partial charge in [-0.2, -0.15) is 0 Å². The average molecular weight is 371 g/mol. The predicted octanol–water partition coefficient (Wildman–Crippen LogP) is 5.19. The Morgan fingerprint density at radius 3 is 2.48 bits per heavy atom. The molecule has 1 aliphatic carbocycles. The van der Waals surface area contributed by atoms with Crippen molar-refractivity contribution in [1.82, 2.24) is 5.32 Å². The predicted molar refractivity (Wildman–Crippen MR) is 109 cm³/mol. The number of carbonyl (C=O) groups is 1. The molecule has 1 amide bonds. The van der Waals surface area contributed by atoms with Crippen molar-refractivity contribution in [3.63, 3.8) is 0 Å². The fourth-order valence-electron chi connectivity index (χ4n) is 3.56. The van der Waals surface area contributed by atoms with E-state index >= 15 is 0 Å². The Labute approximate surface area is 161 Å². The molecule has 4 heteroatoms. The van der Waals surface area contributed by atoms with Gasteiger partial charge in [0, 0.05) is 17.7 Å². The highest BCUT2D eigenvalue weighted by molar-refractivity contribution is 5.94. The molecule has 0 atom stereocenters. The van der Waals surface area contributed by atoms with Gasteiger partial charge in [0.25, 0.3) is 5.91 Å². The standard InChI is InChI=1S/C23H30FNO2/c1-16-6-5-13-23(3,4)20(16)12-7-17(2)21(24)18-8-10-19(11-9-18)22(27)25-14-15-26/h7-12,26H,5-6,13-15H2,1-4H3,(H,25,27). The second-order valence-corrected chi connectivity index (χ2v) is 7.82. The van der Waals surface area contributed by atoms with Crippen LogP contribution >= 0.6 is 0 Å². The lowest BCUT2D eigenvalue weighted by atomic mass is 9.72. The van der Waals surface area contributed by atoms with Crippen LogP contribution in [0.3, 0.4) is 0 Å². The van der Waals surface area contributed by atoms with E-state index in [1.165, 1.54) is 17.6 Å². The smallest absolute Gasteiger partial charge is 0.251 e. The number of hydrogen-bond donors (Lipinski definition) is 2. The SMILES string of the molecule is CC(C=CC1=C(C)CCCC1(C)C)=C(F)c1ccc(C(=O)NCCO)cc1. The Morgan fingerprint density at radius 2 is 1.89 bits per heavy atom. The summed E-state index contributed by atoms with van der Waals surface area (Å²) in [4.78, 5) is 11.8. The van der Waals surface area contributed by atoms with Crippen molar-refractivity contribution >= 4 is 11.7 Å². The van der Waals surface area contributed by atoms with Gasteiger partial charge < -0.3 is 10.4 Å². The molecule has 0 unspecified atom stereocenters. The molecule has 1 aromatic carbocycles. The minimum atomic E-state index is -0.291. The van der Waals surface area contributed by atoms with Gasteiger partial charge in [0.05, 0.1) is 6.61 Å². The Kier molecular flexibility index (Phi) is 7.14. The van der Waals surface area contributed by atoms with Gasteiger partial charge in [0.1, 0.15) is 5.83 Å². The largest absolute Gasteiger partial charge is 0.395 e. The molecule has 0 saturated heterocycles. The van der Waals surface area contributed by atoms with Crippen molar-refractivity contribution in [2.75, 3.05) is 13.2 Å². The molecule has 27 heavy (non-hydrogen) atoms. The third kappa shape index (κ3) is 5.39. The number of aliphatic hydroxyl groups excluding tert-OH is 1.